The zero-order valence-electron chi connectivity index (χ0n) is 17.6. The highest BCUT2D eigenvalue weighted by Gasteiger charge is 2.31. The number of hydrogen-bond donors (Lipinski definition) is 1. The third-order valence-electron chi connectivity index (χ3n) is 5.36. The molecular weight excluding hydrogens is 468 g/mol. The minimum absolute atomic E-state index is 0.0573. The molecule has 4 rings (SSSR count). The molecule has 31 heavy (non-hydrogen) atoms. The molecule has 0 amide bonds. The standard InChI is InChI=1S/C25H25BrN4S/c1-29(2)22-10-6-9-20(15-22)23-16-24(19-11-13-21(26)14-12-19)30(28-23)25(31)27-17-18-7-4-3-5-8-18/h3-15,24H,16-17H2,1-2H3,(H,27,31)/t24-/m0/s1. The molecule has 0 aromatic heterocycles. The topological polar surface area (TPSA) is 30.9 Å². The van der Waals surface area contributed by atoms with E-state index in [0.29, 0.717) is 11.7 Å². The van der Waals surface area contributed by atoms with Crippen molar-refractivity contribution in [2.24, 2.45) is 5.10 Å². The molecule has 158 valence electrons. The number of halogens is 1. The van der Waals surface area contributed by atoms with Crippen LogP contribution in [0.5, 0.6) is 0 Å². The molecule has 0 saturated carbocycles. The van der Waals surface area contributed by atoms with Crippen molar-refractivity contribution in [1.82, 2.24) is 10.3 Å². The summed E-state index contributed by atoms with van der Waals surface area (Å²) in [5.41, 5.74) is 5.70. The van der Waals surface area contributed by atoms with E-state index in [4.69, 9.17) is 17.3 Å². The largest absolute Gasteiger partial charge is 0.378 e. The second-order valence-electron chi connectivity index (χ2n) is 7.75. The monoisotopic (exact) mass is 492 g/mol. The van der Waals surface area contributed by atoms with Gasteiger partial charge in [-0.2, -0.15) is 5.10 Å². The van der Waals surface area contributed by atoms with Crippen LogP contribution in [0.1, 0.15) is 29.2 Å². The summed E-state index contributed by atoms with van der Waals surface area (Å²) >= 11 is 9.31. The maximum absolute atomic E-state index is 5.78. The van der Waals surface area contributed by atoms with Gasteiger partial charge in [-0.3, -0.25) is 0 Å². The summed E-state index contributed by atoms with van der Waals surface area (Å²) in [6.07, 6.45) is 0.797. The van der Waals surface area contributed by atoms with Crippen LogP contribution in [0, 0.1) is 0 Å². The van der Waals surface area contributed by atoms with Crippen LogP contribution in [0.3, 0.4) is 0 Å². The first-order chi connectivity index (χ1) is 15.0. The van der Waals surface area contributed by atoms with E-state index in [1.807, 2.05) is 23.2 Å². The van der Waals surface area contributed by atoms with Crippen molar-refractivity contribution in [3.63, 3.8) is 0 Å². The van der Waals surface area contributed by atoms with Crippen molar-refractivity contribution in [3.8, 4) is 0 Å². The van der Waals surface area contributed by atoms with E-state index in [9.17, 15) is 0 Å². The number of nitrogens with zero attached hydrogens (tertiary/aromatic N) is 3. The zero-order chi connectivity index (χ0) is 21.8. The molecule has 0 fully saturated rings. The van der Waals surface area contributed by atoms with E-state index < -0.39 is 0 Å². The SMILES string of the molecule is CN(C)c1cccc(C2=NN(C(=S)NCc3ccccc3)[C@H](c3ccc(Br)cc3)C2)c1. The smallest absolute Gasteiger partial charge is 0.190 e. The molecule has 1 aliphatic rings. The fraction of sp³-hybridized carbons (Fsp3) is 0.200. The van der Waals surface area contributed by atoms with Crippen molar-refractivity contribution >= 4 is 44.7 Å². The molecule has 4 nitrogen and oxygen atoms in total. The average Bonchev–Trinajstić information content (AvgIpc) is 3.24. The number of benzene rings is 3. The first kappa shape index (κ1) is 21.5. The predicted molar refractivity (Wildman–Crippen MR) is 137 cm³/mol. The predicted octanol–water partition coefficient (Wildman–Crippen LogP) is 5.74. The highest BCUT2D eigenvalue weighted by molar-refractivity contribution is 9.10. The van der Waals surface area contributed by atoms with Gasteiger partial charge in [0.25, 0.3) is 0 Å². The fourth-order valence-electron chi connectivity index (χ4n) is 3.63. The van der Waals surface area contributed by atoms with Gasteiger partial charge in [-0.1, -0.05) is 70.5 Å². The van der Waals surface area contributed by atoms with Gasteiger partial charge in [0.05, 0.1) is 11.8 Å². The van der Waals surface area contributed by atoms with Crippen LogP contribution in [0.2, 0.25) is 0 Å². The van der Waals surface area contributed by atoms with Crippen molar-refractivity contribution in [2.45, 2.75) is 19.0 Å². The van der Waals surface area contributed by atoms with Crippen LogP contribution < -0.4 is 10.2 Å². The van der Waals surface area contributed by atoms with Crippen LogP contribution in [0.25, 0.3) is 0 Å². The summed E-state index contributed by atoms with van der Waals surface area (Å²) in [5, 5.41) is 10.9. The van der Waals surface area contributed by atoms with Crippen molar-refractivity contribution in [3.05, 3.63) is 100 Å². The van der Waals surface area contributed by atoms with E-state index in [0.717, 1.165) is 27.9 Å². The van der Waals surface area contributed by atoms with Gasteiger partial charge in [-0.15, -0.1) is 0 Å². The number of hydrazone groups is 1. The Morgan fingerprint density at radius 3 is 2.52 bits per heavy atom. The number of nitrogens with one attached hydrogen (secondary N) is 1. The number of hydrogen-bond acceptors (Lipinski definition) is 3. The van der Waals surface area contributed by atoms with Gasteiger partial charge in [0, 0.05) is 37.2 Å². The molecule has 0 spiro atoms. The highest BCUT2D eigenvalue weighted by atomic mass is 79.9. The van der Waals surface area contributed by atoms with Crippen molar-refractivity contribution in [1.29, 1.82) is 0 Å². The van der Waals surface area contributed by atoms with Gasteiger partial charge in [0.15, 0.2) is 5.11 Å². The Morgan fingerprint density at radius 1 is 1.06 bits per heavy atom. The van der Waals surface area contributed by atoms with Crippen LogP contribution in [-0.2, 0) is 6.54 Å². The molecule has 0 bridgehead atoms. The molecule has 6 heteroatoms. The first-order valence-corrected chi connectivity index (χ1v) is 11.4. The number of rotatable bonds is 5. The Bertz CT molecular complexity index is 1080. The Labute approximate surface area is 197 Å². The maximum atomic E-state index is 5.78. The van der Waals surface area contributed by atoms with Gasteiger partial charge < -0.3 is 10.2 Å². The van der Waals surface area contributed by atoms with Gasteiger partial charge in [0.1, 0.15) is 0 Å². The van der Waals surface area contributed by atoms with Gasteiger partial charge in [-0.05, 0) is 53.2 Å². The van der Waals surface area contributed by atoms with Gasteiger partial charge in [-0.25, -0.2) is 5.01 Å². The van der Waals surface area contributed by atoms with Crippen molar-refractivity contribution in [2.75, 3.05) is 19.0 Å². The van der Waals surface area contributed by atoms with E-state index >= 15 is 0 Å². The Kier molecular flexibility index (Phi) is 6.68. The summed E-state index contributed by atoms with van der Waals surface area (Å²) < 4.78 is 1.06. The van der Waals surface area contributed by atoms with Crippen LogP contribution in [-0.4, -0.2) is 29.9 Å². The molecule has 0 saturated heterocycles. The lowest BCUT2D eigenvalue weighted by Crippen LogP contribution is -2.36. The molecule has 3 aromatic carbocycles. The molecule has 1 N–H and O–H groups in total. The minimum atomic E-state index is 0.0573. The quantitative estimate of drug-likeness (QED) is 0.460. The van der Waals surface area contributed by atoms with Crippen LogP contribution in [0.15, 0.2) is 88.4 Å². The van der Waals surface area contributed by atoms with Crippen LogP contribution >= 0.6 is 28.1 Å². The minimum Gasteiger partial charge on any atom is -0.378 e. The Balaban J connectivity index is 1.61. The molecule has 1 aliphatic heterocycles. The maximum Gasteiger partial charge on any atom is 0.190 e. The zero-order valence-corrected chi connectivity index (χ0v) is 20.0. The molecule has 0 unspecified atom stereocenters. The second kappa shape index (κ2) is 9.62. The van der Waals surface area contributed by atoms with E-state index in [1.165, 1.54) is 11.1 Å². The number of anilines is 1. The first-order valence-electron chi connectivity index (χ1n) is 10.2. The summed E-state index contributed by atoms with van der Waals surface area (Å²) in [4.78, 5) is 2.11. The second-order valence-corrected chi connectivity index (χ2v) is 9.05. The van der Waals surface area contributed by atoms with Gasteiger partial charge in [0.2, 0.25) is 0 Å². The van der Waals surface area contributed by atoms with E-state index in [1.54, 1.807) is 0 Å². The van der Waals surface area contributed by atoms with E-state index in [-0.39, 0.29) is 6.04 Å². The Morgan fingerprint density at radius 2 is 1.81 bits per heavy atom. The van der Waals surface area contributed by atoms with Gasteiger partial charge >= 0.3 is 0 Å². The molecule has 3 aromatic rings. The highest BCUT2D eigenvalue weighted by Crippen LogP contribution is 2.34. The fourth-order valence-corrected chi connectivity index (χ4v) is 4.14. The third kappa shape index (κ3) is 5.14. The molecule has 0 aliphatic carbocycles. The lowest BCUT2D eigenvalue weighted by Gasteiger charge is -2.25. The lowest BCUT2D eigenvalue weighted by molar-refractivity contribution is 0.364. The summed E-state index contributed by atoms with van der Waals surface area (Å²) in [6, 6.07) is 27.2. The number of thiocarbonyl (C=S) groups is 1. The normalized spacial score (nSPS) is 15.5. The summed E-state index contributed by atoms with van der Waals surface area (Å²) in [5.74, 6) is 0. The summed E-state index contributed by atoms with van der Waals surface area (Å²) in [6.45, 7) is 0.671. The molecule has 1 atom stereocenters. The summed E-state index contributed by atoms with van der Waals surface area (Å²) in [7, 11) is 4.10. The van der Waals surface area contributed by atoms with Crippen LogP contribution in [0.4, 0.5) is 5.69 Å². The van der Waals surface area contributed by atoms with E-state index in [2.05, 4.69) is 101 Å². The third-order valence-corrected chi connectivity index (χ3v) is 6.22. The van der Waals surface area contributed by atoms with Crippen molar-refractivity contribution < 1.29 is 0 Å². The molecular formula is C25H25BrN4S. The molecule has 1 heterocycles. The average molecular weight is 493 g/mol. The Hall–Kier alpha value is -2.70. The molecule has 0 radical (unpaired) electrons. The lowest BCUT2D eigenvalue weighted by atomic mass is 9.98.